The zero-order valence-corrected chi connectivity index (χ0v) is 15.2. The van der Waals surface area contributed by atoms with E-state index < -0.39 is 0 Å². The van der Waals surface area contributed by atoms with Crippen molar-refractivity contribution < 1.29 is 9.59 Å². The summed E-state index contributed by atoms with van der Waals surface area (Å²) in [6.45, 7) is 0.946. The summed E-state index contributed by atoms with van der Waals surface area (Å²) < 4.78 is 0. The number of nitrogens with zero attached hydrogens (tertiary/aromatic N) is 2. The van der Waals surface area contributed by atoms with E-state index in [9.17, 15) is 14.4 Å². The van der Waals surface area contributed by atoms with Gasteiger partial charge in [0.2, 0.25) is 5.91 Å². The number of piperidine rings is 1. The Kier molecular flexibility index (Phi) is 4.89. The molecule has 0 atom stereocenters. The van der Waals surface area contributed by atoms with Crippen molar-refractivity contribution in [3.05, 3.63) is 70.6 Å². The Morgan fingerprint density at radius 1 is 0.964 bits per heavy atom. The van der Waals surface area contributed by atoms with Gasteiger partial charge in [0.25, 0.3) is 11.5 Å². The summed E-state index contributed by atoms with van der Waals surface area (Å²) >= 11 is 0. The number of H-pyrrole nitrogens is 1. The molecule has 0 aliphatic carbocycles. The van der Waals surface area contributed by atoms with Gasteiger partial charge in [-0.3, -0.25) is 14.4 Å². The highest BCUT2D eigenvalue weighted by molar-refractivity contribution is 6.04. The Labute approximate surface area is 161 Å². The van der Waals surface area contributed by atoms with Crippen LogP contribution in [-0.4, -0.2) is 40.0 Å². The van der Waals surface area contributed by atoms with Crippen LogP contribution in [0.15, 0.2) is 59.4 Å². The monoisotopic (exact) mass is 376 g/mol. The number of hydrogen-bond acceptors (Lipinski definition) is 4. The van der Waals surface area contributed by atoms with Gasteiger partial charge in [0, 0.05) is 30.1 Å². The van der Waals surface area contributed by atoms with Crippen molar-refractivity contribution in [3.8, 4) is 0 Å². The van der Waals surface area contributed by atoms with E-state index in [1.807, 2.05) is 30.3 Å². The summed E-state index contributed by atoms with van der Waals surface area (Å²) in [5, 5.41) is 10.3. The Morgan fingerprint density at radius 2 is 1.61 bits per heavy atom. The van der Waals surface area contributed by atoms with Crippen LogP contribution in [0.1, 0.15) is 23.3 Å². The summed E-state index contributed by atoms with van der Waals surface area (Å²) in [5.74, 6) is -0.384. The van der Waals surface area contributed by atoms with Crippen LogP contribution < -0.4 is 10.9 Å². The van der Waals surface area contributed by atoms with E-state index in [2.05, 4.69) is 15.5 Å². The Morgan fingerprint density at radius 3 is 2.32 bits per heavy atom. The third-order valence-electron chi connectivity index (χ3n) is 5.09. The number of para-hydroxylation sites is 1. The smallest absolute Gasteiger partial charge is 0.274 e. The van der Waals surface area contributed by atoms with E-state index in [4.69, 9.17) is 0 Å². The predicted octanol–water partition coefficient (Wildman–Crippen LogP) is 2.41. The zero-order chi connectivity index (χ0) is 19.5. The summed E-state index contributed by atoms with van der Waals surface area (Å²) in [4.78, 5) is 39.0. The minimum absolute atomic E-state index is 0.0223. The van der Waals surface area contributed by atoms with E-state index in [1.54, 1.807) is 29.2 Å². The van der Waals surface area contributed by atoms with E-state index in [1.165, 1.54) is 0 Å². The molecule has 1 aliphatic rings. The number of fused-ring (bicyclic) bond motifs is 1. The number of aromatic nitrogens is 2. The lowest BCUT2D eigenvalue weighted by molar-refractivity contribution is -0.121. The fourth-order valence-corrected chi connectivity index (χ4v) is 3.54. The molecule has 142 valence electrons. The summed E-state index contributed by atoms with van der Waals surface area (Å²) in [5.41, 5.74) is 0.695. The van der Waals surface area contributed by atoms with Gasteiger partial charge in [0.1, 0.15) is 0 Å². The van der Waals surface area contributed by atoms with Crippen LogP contribution in [0.3, 0.4) is 0 Å². The van der Waals surface area contributed by atoms with Crippen molar-refractivity contribution in [2.75, 3.05) is 18.4 Å². The molecule has 0 spiro atoms. The lowest BCUT2D eigenvalue weighted by Gasteiger charge is -2.31. The molecular formula is C21H20N4O3. The average Bonchev–Trinajstić information content (AvgIpc) is 2.74. The van der Waals surface area contributed by atoms with E-state index in [0.717, 1.165) is 5.69 Å². The van der Waals surface area contributed by atoms with Crippen LogP contribution >= 0.6 is 0 Å². The zero-order valence-electron chi connectivity index (χ0n) is 15.2. The van der Waals surface area contributed by atoms with Gasteiger partial charge >= 0.3 is 0 Å². The fraction of sp³-hybridized carbons (Fsp3) is 0.238. The first kappa shape index (κ1) is 17.9. The minimum atomic E-state index is -0.316. The first-order valence-corrected chi connectivity index (χ1v) is 9.26. The number of carbonyl (C=O) groups is 2. The molecule has 3 aromatic rings. The molecule has 7 nitrogen and oxygen atoms in total. The van der Waals surface area contributed by atoms with Crippen LogP contribution in [0.25, 0.3) is 10.8 Å². The lowest BCUT2D eigenvalue weighted by atomic mass is 9.95. The normalized spacial score (nSPS) is 14.8. The number of amides is 2. The molecule has 1 saturated heterocycles. The summed E-state index contributed by atoms with van der Waals surface area (Å²) in [6.07, 6.45) is 1.18. The molecule has 2 amide bonds. The molecule has 1 aromatic heterocycles. The van der Waals surface area contributed by atoms with Crippen molar-refractivity contribution in [2.24, 2.45) is 5.92 Å². The fourth-order valence-electron chi connectivity index (χ4n) is 3.54. The lowest BCUT2D eigenvalue weighted by Crippen LogP contribution is -2.42. The molecule has 1 fully saturated rings. The average molecular weight is 376 g/mol. The second-order valence-electron chi connectivity index (χ2n) is 6.87. The largest absolute Gasteiger partial charge is 0.337 e. The van der Waals surface area contributed by atoms with E-state index in [-0.39, 0.29) is 29.0 Å². The highest BCUT2D eigenvalue weighted by Crippen LogP contribution is 2.22. The standard InChI is InChI=1S/C21H20N4O3/c26-19(22-15-6-2-1-3-7-15)14-10-12-25(13-11-14)21(28)18-16-8-4-5-9-17(16)20(27)24-23-18/h1-9,14H,10-13H2,(H,22,26)(H,24,27). The Bertz CT molecular complexity index is 1070. The predicted molar refractivity (Wildman–Crippen MR) is 106 cm³/mol. The number of anilines is 1. The number of rotatable bonds is 3. The molecule has 4 rings (SSSR count). The van der Waals surface area contributed by atoms with Gasteiger partial charge in [-0.25, -0.2) is 5.10 Å². The van der Waals surface area contributed by atoms with Crippen molar-refractivity contribution in [2.45, 2.75) is 12.8 Å². The molecule has 1 aliphatic heterocycles. The summed E-state index contributed by atoms with van der Waals surface area (Å²) in [7, 11) is 0. The molecule has 2 aromatic carbocycles. The molecule has 0 saturated carbocycles. The molecule has 7 heteroatoms. The van der Waals surface area contributed by atoms with Crippen LogP contribution in [0.4, 0.5) is 5.69 Å². The number of aromatic amines is 1. The number of nitrogens with one attached hydrogen (secondary N) is 2. The summed E-state index contributed by atoms with van der Waals surface area (Å²) in [6, 6.07) is 16.3. The molecule has 2 heterocycles. The second-order valence-corrected chi connectivity index (χ2v) is 6.87. The van der Waals surface area contributed by atoms with Crippen LogP contribution in [0.2, 0.25) is 0 Å². The van der Waals surface area contributed by atoms with Crippen molar-refractivity contribution >= 4 is 28.3 Å². The third-order valence-corrected chi connectivity index (χ3v) is 5.09. The topological polar surface area (TPSA) is 95.2 Å². The second kappa shape index (κ2) is 7.64. The van der Waals surface area contributed by atoms with Crippen LogP contribution in [-0.2, 0) is 4.79 Å². The van der Waals surface area contributed by atoms with Gasteiger partial charge < -0.3 is 10.2 Å². The van der Waals surface area contributed by atoms with Gasteiger partial charge in [0.05, 0.1) is 5.39 Å². The molecule has 28 heavy (non-hydrogen) atoms. The number of carbonyl (C=O) groups excluding carboxylic acids is 2. The van der Waals surface area contributed by atoms with Gasteiger partial charge in [-0.2, -0.15) is 5.10 Å². The quantitative estimate of drug-likeness (QED) is 0.734. The maximum atomic E-state index is 12.9. The number of likely N-dealkylation sites (tertiary alicyclic amines) is 1. The molecule has 2 N–H and O–H groups in total. The van der Waals surface area contributed by atoms with Crippen molar-refractivity contribution in [3.63, 3.8) is 0 Å². The maximum absolute atomic E-state index is 12.9. The minimum Gasteiger partial charge on any atom is -0.337 e. The van der Waals surface area contributed by atoms with Crippen molar-refractivity contribution in [1.82, 2.24) is 15.1 Å². The highest BCUT2D eigenvalue weighted by Gasteiger charge is 2.29. The first-order chi connectivity index (χ1) is 13.6. The Hall–Kier alpha value is -3.48. The molecule has 0 radical (unpaired) electrons. The van der Waals surface area contributed by atoms with Crippen molar-refractivity contribution in [1.29, 1.82) is 0 Å². The highest BCUT2D eigenvalue weighted by atomic mass is 16.2. The molecular weight excluding hydrogens is 356 g/mol. The Balaban J connectivity index is 1.44. The van der Waals surface area contributed by atoms with E-state index in [0.29, 0.717) is 36.7 Å². The third kappa shape index (κ3) is 3.51. The van der Waals surface area contributed by atoms with E-state index >= 15 is 0 Å². The molecule has 0 unspecified atom stereocenters. The van der Waals surface area contributed by atoms with Gasteiger partial charge in [-0.15, -0.1) is 0 Å². The van der Waals surface area contributed by atoms with Gasteiger partial charge in [-0.1, -0.05) is 36.4 Å². The number of benzene rings is 2. The van der Waals surface area contributed by atoms with Gasteiger partial charge in [-0.05, 0) is 31.0 Å². The first-order valence-electron chi connectivity index (χ1n) is 9.26. The van der Waals surface area contributed by atoms with Crippen LogP contribution in [0, 0.1) is 5.92 Å². The van der Waals surface area contributed by atoms with Crippen LogP contribution in [0.5, 0.6) is 0 Å². The SMILES string of the molecule is O=C(Nc1ccccc1)C1CCN(C(=O)c2n[nH]c(=O)c3ccccc23)CC1. The van der Waals surface area contributed by atoms with Gasteiger partial charge in [0.15, 0.2) is 5.69 Å². The number of hydrogen-bond donors (Lipinski definition) is 2. The molecule has 0 bridgehead atoms. The maximum Gasteiger partial charge on any atom is 0.274 e.